The number of hydrogen-bond acceptors (Lipinski definition) is 1. The summed E-state index contributed by atoms with van der Waals surface area (Å²) in [6.07, 6.45) is 1.59. The van der Waals surface area contributed by atoms with Gasteiger partial charge >= 0.3 is 84.9 Å². The van der Waals surface area contributed by atoms with Gasteiger partial charge in [-0.1, -0.05) is 0 Å². The Morgan fingerprint density at radius 2 is 2.00 bits per heavy atom. The van der Waals surface area contributed by atoms with Gasteiger partial charge in [-0.25, -0.2) is 0 Å². The Hall–Kier alpha value is -0.0213. The summed E-state index contributed by atoms with van der Waals surface area (Å²) in [5, 5.41) is 0. The molecule has 0 amide bonds. The van der Waals surface area contributed by atoms with Crippen LogP contribution in [0.1, 0.15) is 20.3 Å². The van der Waals surface area contributed by atoms with E-state index in [4.69, 9.17) is 3.07 Å². The van der Waals surface area contributed by atoms with Crippen molar-refractivity contribution in [1.82, 2.24) is 0 Å². The average molecular weight is 271 g/mol. The first-order valence-corrected chi connectivity index (χ1v) is 8.15. The zero-order chi connectivity index (χ0) is 8.81. The fraction of sp³-hybridized carbons (Fsp3) is 0.400. The molecule has 0 aromatic heterocycles. The van der Waals surface area contributed by atoms with Crippen molar-refractivity contribution >= 4 is 25.1 Å². The van der Waals surface area contributed by atoms with E-state index in [0.717, 1.165) is 6.42 Å². The van der Waals surface area contributed by atoms with Crippen LogP contribution in [0.15, 0.2) is 30.3 Å². The monoisotopic (exact) mass is 272 g/mol. The molecule has 12 heavy (non-hydrogen) atoms. The average Bonchev–Trinajstić information content (AvgIpc) is 2.16. The second-order valence-electron chi connectivity index (χ2n) is 3.02. The Bertz CT molecular complexity index is 210. The normalized spacial score (nSPS) is 13.8. The van der Waals surface area contributed by atoms with Gasteiger partial charge in [0.25, 0.3) is 0 Å². The predicted octanol–water partition coefficient (Wildman–Crippen LogP) is 1.21. The summed E-state index contributed by atoms with van der Waals surface area (Å²) in [6, 6.07) is 10.6. The molecule has 0 heterocycles. The van der Waals surface area contributed by atoms with Crippen LogP contribution in [-0.4, -0.2) is 27.7 Å². The molecule has 0 bridgehead atoms. The minimum atomic E-state index is -1.09. The maximum absolute atomic E-state index is 5.79. The predicted molar refractivity (Wildman–Crippen MR) is 55.5 cm³/mol. The summed E-state index contributed by atoms with van der Waals surface area (Å²) in [4.78, 5) is 0. The van der Waals surface area contributed by atoms with Gasteiger partial charge in [0.15, 0.2) is 0 Å². The van der Waals surface area contributed by atoms with Crippen LogP contribution in [0.3, 0.4) is 0 Å². The Morgan fingerprint density at radius 3 is 2.58 bits per heavy atom. The van der Waals surface area contributed by atoms with E-state index in [1.165, 1.54) is 3.58 Å². The van der Waals surface area contributed by atoms with E-state index in [-0.39, 0.29) is 0 Å². The van der Waals surface area contributed by atoms with Gasteiger partial charge in [-0.3, -0.25) is 0 Å². The molecule has 2 heteroatoms. The van der Waals surface area contributed by atoms with Crippen LogP contribution in [0.25, 0.3) is 0 Å². The zero-order valence-corrected chi connectivity index (χ0v) is 11.8. The molecule has 1 aromatic rings. The first-order chi connectivity index (χ1) is 5.83. The topological polar surface area (TPSA) is 9.23 Å². The third-order valence-electron chi connectivity index (χ3n) is 1.95. The van der Waals surface area contributed by atoms with Gasteiger partial charge in [-0.2, -0.15) is 0 Å². The van der Waals surface area contributed by atoms with Crippen LogP contribution in [0.5, 0.6) is 0 Å². The van der Waals surface area contributed by atoms with Crippen LogP contribution >= 0.6 is 0 Å². The third-order valence-corrected chi connectivity index (χ3v) is 6.35. The van der Waals surface area contributed by atoms with Gasteiger partial charge in [0.2, 0.25) is 0 Å². The molecule has 1 nitrogen and oxygen atoms in total. The number of hydrogen-bond donors (Lipinski definition) is 0. The molecule has 1 unspecified atom stereocenters. The molecule has 0 saturated heterocycles. The molecule has 0 fully saturated rings. The molecule has 0 aliphatic carbocycles. The first-order valence-electron chi connectivity index (χ1n) is 4.48. The summed E-state index contributed by atoms with van der Waals surface area (Å²) in [5.74, 6) is 0. The van der Waals surface area contributed by atoms with Crippen LogP contribution < -0.4 is 3.58 Å². The van der Waals surface area contributed by atoms with Gasteiger partial charge in [0.05, 0.1) is 0 Å². The number of rotatable bonds is 4. The van der Waals surface area contributed by atoms with Crippen molar-refractivity contribution in [2.75, 3.05) is 0 Å². The fourth-order valence-electron chi connectivity index (χ4n) is 0.931. The van der Waals surface area contributed by atoms with Crippen LogP contribution in [0.2, 0.25) is 0 Å². The molecule has 1 aromatic carbocycles. The van der Waals surface area contributed by atoms with Gasteiger partial charge in [0, 0.05) is 0 Å². The SMILES string of the molecule is CCC(C)[O][SnH2][c]1ccccc1. The summed E-state index contributed by atoms with van der Waals surface area (Å²) in [6.45, 7) is 4.32. The Kier molecular flexibility index (Phi) is 4.69. The van der Waals surface area contributed by atoms with Crippen molar-refractivity contribution in [2.45, 2.75) is 26.4 Å². The van der Waals surface area contributed by atoms with Crippen LogP contribution in [-0.2, 0) is 3.07 Å². The second-order valence-corrected chi connectivity index (χ2v) is 7.12. The molecule has 0 spiro atoms. The van der Waals surface area contributed by atoms with E-state index in [1.807, 2.05) is 0 Å². The molecular formula is C10H16OSn. The molecule has 0 aliphatic rings. The van der Waals surface area contributed by atoms with E-state index < -0.39 is 21.6 Å². The molecule has 0 radical (unpaired) electrons. The third kappa shape index (κ3) is 3.59. The Morgan fingerprint density at radius 1 is 1.33 bits per heavy atom. The van der Waals surface area contributed by atoms with Gasteiger partial charge in [0.1, 0.15) is 0 Å². The van der Waals surface area contributed by atoms with E-state index in [9.17, 15) is 0 Å². The van der Waals surface area contributed by atoms with E-state index in [1.54, 1.807) is 0 Å². The number of benzene rings is 1. The van der Waals surface area contributed by atoms with Crippen molar-refractivity contribution in [3.63, 3.8) is 0 Å². The van der Waals surface area contributed by atoms with Gasteiger partial charge < -0.3 is 0 Å². The first kappa shape index (κ1) is 10.1. The zero-order valence-electron chi connectivity index (χ0n) is 7.79. The van der Waals surface area contributed by atoms with Gasteiger partial charge in [-0.05, 0) is 0 Å². The molecular weight excluding hydrogens is 255 g/mol. The summed E-state index contributed by atoms with van der Waals surface area (Å²) in [5.41, 5.74) is 0. The quantitative estimate of drug-likeness (QED) is 0.748. The molecule has 0 aliphatic heterocycles. The Balaban J connectivity index is 2.33. The standard InChI is InChI=1S/C6H5.C4H9O.Sn.2H/c1-2-4-6-5-3-1;1-3-4(2)5;;;/h1-5H;4H,3H2,1-2H3;;;/q;-1;+1;;. The Labute approximate surface area is 84.9 Å². The second kappa shape index (κ2) is 5.59. The minimum absolute atomic E-state index is 0.459. The van der Waals surface area contributed by atoms with E-state index in [0.29, 0.717) is 6.10 Å². The van der Waals surface area contributed by atoms with Crippen molar-refractivity contribution in [1.29, 1.82) is 0 Å². The van der Waals surface area contributed by atoms with E-state index in [2.05, 4.69) is 44.2 Å². The van der Waals surface area contributed by atoms with Crippen molar-refractivity contribution in [2.24, 2.45) is 0 Å². The molecule has 1 rings (SSSR count). The fourth-order valence-corrected chi connectivity index (χ4v) is 4.29. The maximum atomic E-state index is 5.79. The summed E-state index contributed by atoms with van der Waals surface area (Å²) >= 11 is -1.09. The summed E-state index contributed by atoms with van der Waals surface area (Å²) < 4.78 is 7.25. The van der Waals surface area contributed by atoms with Crippen LogP contribution in [0, 0.1) is 0 Å². The summed E-state index contributed by atoms with van der Waals surface area (Å²) in [7, 11) is 0. The van der Waals surface area contributed by atoms with Crippen molar-refractivity contribution < 1.29 is 3.07 Å². The van der Waals surface area contributed by atoms with Crippen molar-refractivity contribution in [3.8, 4) is 0 Å². The molecule has 0 saturated carbocycles. The van der Waals surface area contributed by atoms with Gasteiger partial charge in [-0.15, -0.1) is 0 Å². The van der Waals surface area contributed by atoms with E-state index >= 15 is 0 Å². The van der Waals surface area contributed by atoms with Crippen LogP contribution in [0.4, 0.5) is 0 Å². The molecule has 0 N–H and O–H groups in total. The molecule has 66 valence electrons. The van der Waals surface area contributed by atoms with Crippen molar-refractivity contribution in [3.05, 3.63) is 30.3 Å². The molecule has 1 atom stereocenters.